The van der Waals surface area contributed by atoms with Gasteiger partial charge in [-0.05, 0) is 12.8 Å². The second-order valence-electron chi connectivity index (χ2n) is 3.95. The molecule has 0 bridgehead atoms. The van der Waals surface area contributed by atoms with Crippen LogP contribution < -0.4 is 5.73 Å². The van der Waals surface area contributed by atoms with Crippen LogP contribution in [0, 0.1) is 0 Å². The normalized spacial score (nSPS) is 23.0. The fraction of sp³-hybridized carbons (Fsp3) is 1.00. The van der Waals surface area contributed by atoms with Crippen molar-refractivity contribution in [1.29, 1.82) is 0 Å². The van der Waals surface area contributed by atoms with Gasteiger partial charge in [0.25, 0.3) is 0 Å². The highest BCUT2D eigenvalue weighted by Gasteiger charge is 2.27. The first-order valence-corrected chi connectivity index (χ1v) is 6.14. The molecular formula is C8H16NO4S-. The summed E-state index contributed by atoms with van der Waals surface area (Å²) in [5.41, 5.74) is 5.31. The van der Waals surface area contributed by atoms with Crippen LogP contribution in [0.4, 0.5) is 0 Å². The van der Waals surface area contributed by atoms with Crippen molar-refractivity contribution in [2.24, 2.45) is 5.73 Å². The average Bonchev–Trinajstić information content (AvgIpc) is 2.27. The van der Waals surface area contributed by atoms with Crippen LogP contribution in [0.1, 0.15) is 38.5 Å². The Morgan fingerprint density at radius 2 is 1.71 bits per heavy atom. The Labute approximate surface area is 84.6 Å². The minimum atomic E-state index is -4.60. The van der Waals surface area contributed by atoms with Gasteiger partial charge in [0.15, 0.2) is 0 Å². The van der Waals surface area contributed by atoms with Crippen molar-refractivity contribution in [3.05, 3.63) is 0 Å². The van der Waals surface area contributed by atoms with Crippen LogP contribution in [0.2, 0.25) is 0 Å². The van der Waals surface area contributed by atoms with Gasteiger partial charge in [0.1, 0.15) is 0 Å². The van der Waals surface area contributed by atoms with Crippen LogP contribution in [0.5, 0.6) is 0 Å². The van der Waals surface area contributed by atoms with E-state index < -0.39 is 15.9 Å². The van der Waals surface area contributed by atoms with Crippen molar-refractivity contribution in [3.8, 4) is 0 Å². The number of rotatable bonds is 3. The van der Waals surface area contributed by atoms with E-state index in [1.165, 1.54) is 0 Å². The largest absolute Gasteiger partial charge is 0.726 e. The van der Waals surface area contributed by atoms with Gasteiger partial charge in [-0.1, -0.05) is 25.7 Å². The Hall–Kier alpha value is -0.170. The zero-order valence-corrected chi connectivity index (χ0v) is 8.88. The van der Waals surface area contributed by atoms with Crippen molar-refractivity contribution >= 4 is 10.4 Å². The van der Waals surface area contributed by atoms with Gasteiger partial charge in [-0.2, -0.15) is 0 Å². The van der Waals surface area contributed by atoms with Crippen molar-refractivity contribution in [1.82, 2.24) is 0 Å². The van der Waals surface area contributed by atoms with E-state index in [-0.39, 0.29) is 6.61 Å². The molecule has 6 heteroatoms. The highest BCUT2D eigenvalue weighted by Crippen LogP contribution is 2.25. The van der Waals surface area contributed by atoms with Crippen LogP contribution >= 0.6 is 0 Å². The molecule has 0 aliphatic heterocycles. The second-order valence-corrected chi connectivity index (χ2v) is 5.00. The second kappa shape index (κ2) is 4.57. The summed E-state index contributed by atoms with van der Waals surface area (Å²) in [7, 11) is -4.60. The molecule has 0 unspecified atom stereocenters. The maximum absolute atomic E-state index is 10.3. The molecule has 1 aliphatic carbocycles. The molecule has 0 aromatic rings. The van der Waals surface area contributed by atoms with Crippen molar-refractivity contribution in [3.63, 3.8) is 0 Å². The molecule has 0 heterocycles. The molecule has 0 atom stereocenters. The summed E-state index contributed by atoms with van der Waals surface area (Å²) in [6.45, 7) is -0.182. The van der Waals surface area contributed by atoms with E-state index in [9.17, 15) is 13.0 Å². The third-order valence-corrected chi connectivity index (χ3v) is 3.00. The molecule has 0 aromatic carbocycles. The molecule has 84 valence electrons. The van der Waals surface area contributed by atoms with E-state index in [0.29, 0.717) is 0 Å². The third kappa shape index (κ3) is 4.36. The fourth-order valence-electron chi connectivity index (χ4n) is 1.77. The number of hydrogen-bond acceptors (Lipinski definition) is 5. The third-order valence-electron chi connectivity index (χ3n) is 2.59. The number of nitrogens with two attached hydrogens (primary N) is 1. The summed E-state index contributed by atoms with van der Waals surface area (Å²) in [5, 5.41) is 0. The first-order chi connectivity index (χ1) is 6.41. The lowest BCUT2D eigenvalue weighted by atomic mass is 9.93. The van der Waals surface area contributed by atoms with E-state index in [1.807, 2.05) is 0 Å². The van der Waals surface area contributed by atoms with Gasteiger partial charge in [0, 0.05) is 5.54 Å². The van der Waals surface area contributed by atoms with E-state index in [0.717, 1.165) is 38.5 Å². The van der Waals surface area contributed by atoms with Gasteiger partial charge in [-0.15, -0.1) is 0 Å². The smallest absolute Gasteiger partial charge is 0.217 e. The summed E-state index contributed by atoms with van der Waals surface area (Å²) in [6.07, 6.45) is 5.62. The average molecular weight is 222 g/mol. The van der Waals surface area contributed by atoms with E-state index in [4.69, 9.17) is 5.73 Å². The molecule has 0 spiro atoms. The molecule has 1 rings (SSSR count). The first-order valence-electron chi connectivity index (χ1n) is 4.80. The monoisotopic (exact) mass is 222 g/mol. The molecule has 1 aliphatic rings. The predicted octanol–water partition coefficient (Wildman–Crippen LogP) is 0.515. The Morgan fingerprint density at radius 1 is 1.21 bits per heavy atom. The van der Waals surface area contributed by atoms with Crippen molar-refractivity contribution in [2.45, 2.75) is 44.1 Å². The van der Waals surface area contributed by atoms with Crippen molar-refractivity contribution in [2.75, 3.05) is 6.61 Å². The number of hydrogen-bond donors (Lipinski definition) is 1. The lowest BCUT2D eigenvalue weighted by Gasteiger charge is -2.27. The van der Waals surface area contributed by atoms with Crippen LogP contribution in [-0.4, -0.2) is 25.1 Å². The summed E-state index contributed by atoms with van der Waals surface area (Å²) in [4.78, 5) is 0. The predicted molar refractivity (Wildman–Crippen MR) is 50.3 cm³/mol. The maximum Gasteiger partial charge on any atom is 0.217 e. The molecular weight excluding hydrogens is 206 g/mol. The lowest BCUT2D eigenvalue weighted by Crippen LogP contribution is -2.44. The molecule has 1 fully saturated rings. The highest BCUT2D eigenvalue weighted by molar-refractivity contribution is 7.80. The molecule has 1 saturated carbocycles. The Morgan fingerprint density at radius 3 is 2.14 bits per heavy atom. The van der Waals surface area contributed by atoms with Gasteiger partial charge in [0.2, 0.25) is 10.4 Å². The quantitative estimate of drug-likeness (QED) is 0.427. The SMILES string of the molecule is NC1(COS(=O)(=O)[O-])CCCCCC1. The first kappa shape index (κ1) is 11.9. The van der Waals surface area contributed by atoms with Gasteiger partial charge in [-0.3, -0.25) is 4.18 Å². The van der Waals surface area contributed by atoms with Crippen molar-refractivity contribution < 1.29 is 17.2 Å². The Kier molecular flexibility index (Phi) is 3.88. The lowest BCUT2D eigenvalue weighted by molar-refractivity contribution is 0.181. The zero-order valence-electron chi connectivity index (χ0n) is 8.07. The Bertz CT molecular complexity index is 267. The molecule has 14 heavy (non-hydrogen) atoms. The standard InChI is InChI=1S/C8H17NO4S/c9-8(7-13-14(10,11)12)5-3-1-2-4-6-8/h1-7,9H2,(H,10,11,12)/p-1. The molecule has 0 saturated heterocycles. The molecule has 0 radical (unpaired) electrons. The minimum Gasteiger partial charge on any atom is -0.726 e. The van der Waals surface area contributed by atoms with Crippen LogP contribution in [0.3, 0.4) is 0 Å². The summed E-state index contributed by atoms with van der Waals surface area (Å²) < 4.78 is 35.0. The van der Waals surface area contributed by atoms with Gasteiger partial charge in [-0.25, -0.2) is 8.42 Å². The van der Waals surface area contributed by atoms with Gasteiger partial charge >= 0.3 is 0 Å². The summed E-state index contributed by atoms with van der Waals surface area (Å²) >= 11 is 0. The van der Waals surface area contributed by atoms with E-state index in [2.05, 4.69) is 4.18 Å². The van der Waals surface area contributed by atoms with Crippen LogP contribution in [-0.2, 0) is 14.6 Å². The van der Waals surface area contributed by atoms with Crippen LogP contribution in [0.25, 0.3) is 0 Å². The summed E-state index contributed by atoms with van der Waals surface area (Å²) in [5.74, 6) is 0. The molecule has 2 N–H and O–H groups in total. The topological polar surface area (TPSA) is 92.5 Å². The van der Waals surface area contributed by atoms with Crippen LogP contribution in [0.15, 0.2) is 0 Å². The van der Waals surface area contributed by atoms with E-state index in [1.54, 1.807) is 0 Å². The molecule has 5 nitrogen and oxygen atoms in total. The molecule has 0 amide bonds. The highest BCUT2D eigenvalue weighted by atomic mass is 32.3. The maximum atomic E-state index is 10.3. The fourth-order valence-corrected chi connectivity index (χ4v) is 2.15. The summed E-state index contributed by atoms with van der Waals surface area (Å²) in [6, 6.07) is 0. The van der Waals surface area contributed by atoms with Gasteiger partial charge < -0.3 is 10.3 Å². The van der Waals surface area contributed by atoms with Gasteiger partial charge in [0.05, 0.1) is 6.61 Å². The Balaban J connectivity index is 2.47. The zero-order chi connectivity index (χ0) is 10.7. The molecule has 0 aromatic heterocycles. The van der Waals surface area contributed by atoms with E-state index >= 15 is 0 Å². The minimum absolute atomic E-state index is 0.182.